The Morgan fingerprint density at radius 1 is 1.22 bits per heavy atom. The number of nitrogens with zero attached hydrogens (tertiary/aromatic N) is 2. The summed E-state index contributed by atoms with van der Waals surface area (Å²) in [5.41, 5.74) is 5.99. The van der Waals surface area contributed by atoms with Gasteiger partial charge in [0.25, 0.3) is 0 Å². The Bertz CT molecular complexity index is 517. The van der Waals surface area contributed by atoms with Crippen molar-refractivity contribution in [1.29, 1.82) is 0 Å². The largest absolute Gasteiger partial charge is 0.399 e. The molecule has 1 rings (SSSR count). The van der Waals surface area contributed by atoms with Gasteiger partial charge in [-0.3, -0.25) is 0 Å². The highest BCUT2D eigenvalue weighted by Crippen LogP contribution is 2.25. The van der Waals surface area contributed by atoms with Crippen molar-refractivity contribution in [2.24, 2.45) is 0 Å². The maximum Gasteiger partial charge on any atom is 0.244 e. The van der Waals surface area contributed by atoms with Gasteiger partial charge in [-0.25, -0.2) is 8.42 Å². The minimum atomic E-state index is -3.56. The second-order valence-corrected chi connectivity index (χ2v) is 6.74. The van der Waals surface area contributed by atoms with Gasteiger partial charge in [0.1, 0.15) is 4.90 Å². The SMILES string of the molecule is CN(C)CCN(C)S(=O)(=O)c1ccc(N)cc1Cl. The Labute approximate surface area is 113 Å². The summed E-state index contributed by atoms with van der Waals surface area (Å²) in [5.74, 6) is 0. The fourth-order valence-corrected chi connectivity index (χ4v) is 3.04. The molecule has 18 heavy (non-hydrogen) atoms. The number of nitrogen functional groups attached to an aromatic ring is 1. The van der Waals surface area contributed by atoms with E-state index in [1.165, 1.54) is 29.6 Å². The smallest absolute Gasteiger partial charge is 0.244 e. The summed E-state index contributed by atoms with van der Waals surface area (Å²) in [6.07, 6.45) is 0. The lowest BCUT2D eigenvalue weighted by Crippen LogP contribution is -2.33. The van der Waals surface area contributed by atoms with Gasteiger partial charge < -0.3 is 10.6 Å². The molecular weight excluding hydrogens is 274 g/mol. The highest BCUT2D eigenvalue weighted by atomic mass is 35.5. The molecule has 0 aliphatic rings. The maximum absolute atomic E-state index is 12.3. The second kappa shape index (κ2) is 5.88. The Balaban J connectivity index is 2.98. The van der Waals surface area contributed by atoms with E-state index in [1.807, 2.05) is 19.0 Å². The molecule has 0 aliphatic heterocycles. The van der Waals surface area contributed by atoms with Gasteiger partial charge in [-0.2, -0.15) is 4.31 Å². The first-order valence-corrected chi connectivity index (χ1v) is 7.23. The van der Waals surface area contributed by atoms with Gasteiger partial charge in [0.2, 0.25) is 10.0 Å². The summed E-state index contributed by atoms with van der Waals surface area (Å²) < 4.78 is 25.8. The average molecular weight is 292 g/mol. The topological polar surface area (TPSA) is 66.6 Å². The zero-order valence-corrected chi connectivity index (χ0v) is 12.3. The van der Waals surface area contributed by atoms with E-state index in [4.69, 9.17) is 17.3 Å². The first-order chi connectivity index (χ1) is 8.25. The summed E-state index contributed by atoms with van der Waals surface area (Å²) >= 11 is 5.92. The van der Waals surface area contributed by atoms with Crippen molar-refractivity contribution in [2.45, 2.75) is 4.90 Å². The van der Waals surface area contributed by atoms with Crippen LogP contribution in [-0.2, 0) is 10.0 Å². The highest BCUT2D eigenvalue weighted by Gasteiger charge is 2.23. The Kier molecular flexibility index (Phi) is 4.98. The van der Waals surface area contributed by atoms with Crippen LogP contribution in [0.5, 0.6) is 0 Å². The van der Waals surface area contributed by atoms with Crippen molar-refractivity contribution in [3.63, 3.8) is 0 Å². The number of anilines is 1. The molecule has 1 aromatic carbocycles. The number of benzene rings is 1. The van der Waals surface area contributed by atoms with E-state index in [-0.39, 0.29) is 9.92 Å². The molecule has 0 saturated carbocycles. The predicted molar refractivity (Wildman–Crippen MR) is 74.2 cm³/mol. The van der Waals surface area contributed by atoms with Gasteiger partial charge in [0.05, 0.1) is 5.02 Å². The number of nitrogens with two attached hydrogens (primary N) is 1. The molecule has 0 aromatic heterocycles. The number of hydrogen-bond donors (Lipinski definition) is 1. The number of halogens is 1. The molecule has 0 aliphatic carbocycles. The molecule has 0 spiro atoms. The molecule has 7 heteroatoms. The van der Waals surface area contributed by atoms with Gasteiger partial charge in [-0.15, -0.1) is 0 Å². The minimum absolute atomic E-state index is 0.0830. The molecule has 0 unspecified atom stereocenters. The van der Waals surface area contributed by atoms with Gasteiger partial charge in [0.15, 0.2) is 0 Å². The van der Waals surface area contributed by atoms with Crippen LogP contribution >= 0.6 is 11.6 Å². The van der Waals surface area contributed by atoms with Crippen molar-refractivity contribution in [3.05, 3.63) is 23.2 Å². The lowest BCUT2D eigenvalue weighted by molar-refractivity contribution is 0.358. The van der Waals surface area contributed by atoms with Crippen molar-refractivity contribution < 1.29 is 8.42 Å². The van der Waals surface area contributed by atoms with E-state index in [2.05, 4.69) is 0 Å². The maximum atomic E-state index is 12.3. The summed E-state index contributed by atoms with van der Waals surface area (Å²) in [5, 5.41) is 0.145. The molecule has 0 amide bonds. The number of sulfonamides is 1. The third-order valence-electron chi connectivity index (χ3n) is 2.51. The Morgan fingerprint density at radius 3 is 2.33 bits per heavy atom. The molecule has 0 heterocycles. The van der Waals surface area contributed by atoms with Crippen molar-refractivity contribution in [2.75, 3.05) is 40.0 Å². The van der Waals surface area contributed by atoms with Crippen LogP contribution in [0.25, 0.3) is 0 Å². The molecule has 0 radical (unpaired) electrons. The van der Waals surface area contributed by atoms with Crippen LogP contribution in [0.3, 0.4) is 0 Å². The fourth-order valence-electron chi connectivity index (χ4n) is 1.36. The summed E-state index contributed by atoms with van der Waals surface area (Å²) in [6.45, 7) is 1.04. The van der Waals surface area contributed by atoms with Gasteiger partial charge in [0, 0.05) is 25.8 Å². The molecule has 5 nitrogen and oxygen atoms in total. The minimum Gasteiger partial charge on any atom is -0.399 e. The molecule has 1 aromatic rings. The van der Waals surface area contributed by atoms with Crippen molar-refractivity contribution in [1.82, 2.24) is 9.21 Å². The first kappa shape index (κ1) is 15.2. The van der Waals surface area contributed by atoms with E-state index < -0.39 is 10.0 Å². The van der Waals surface area contributed by atoms with Gasteiger partial charge in [-0.1, -0.05) is 11.6 Å². The van der Waals surface area contributed by atoms with E-state index in [9.17, 15) is 8.42 Å². The third-order valence-corrected chi connectivity index (χ3v) is 4.85. The number of likely N-dealkylation sites (N-methyl/N-ethyl adjacent to an activating group) is 2. The summed E-state index contributed by atoms with van der Waals surface area (Å²) in [4.78, 5) is 2.00. The van der Waals surface area contributed by atoms with Crippen LogP contribution in [0.1, 0.15) is 0 Å². The molecular formula is C11H18ClN3O2S. The van der Waals surface area contributed by atoms with Gasteiger partial charge in [-0.05, 0) is 32.3 Å². The van der Waals surface area contributed by atoms with Crippen LogP contribution in [-0.4, -0.2) is 51.9 Å². The predicted octanol–water partition coefficient (Wildman–Crippen LogP) is 1.10. The van der Waals surface area contributed by atoms with Crippen molar-refractivity contribution >= 4 is 27.3 Å². The van der Waals surface area contributed by atoms with Crippen LogP contribution in [0.4, 0.5) is 5.69 Å². The quantitative estimate of drug-likeness (QED) is 0.825. The third kappa shape index (κ3) is 3.58. The fraction of sp³-hybridized carbons (Fsp3) is 0.455. The monoisotopic (exact) mass is 291 g/mol. The normalized spacial score (nSPS) is 12.3. The van der Waals surface area contributed by atoms with E-state index in [0.29, 0.717) is 18.8 Å². The molecule has 0 atom stereocenters. The number of hydrogen-bond acceptors (Lipinski definition) is 4. The van der Waals surface area contributed by atoms with E-state index >= 15 is 0 Å². The molecule has 2 N–H and O–H groups in total. The highest BCUT2D eigenvalue weighted by molar-refractivity contribution is 7.89. The molecule has 0 saturated heterocycles. The van der Waals surface area contributed by atoms with Crippen LogP contribution in [0.2, 0.25) is 5.02 Å². The molecule has 102 valence electrons. The Hall–Kier alpha value is -0.820. The van der Waals surface area contributed by atoms with E-state index in [1.54, 1.807) is 0 Å². The van der Waals surface area contributed by atoms with E-state index in [0.717, 1.165) is 0 Å². The summed E-state index contributed by atoms with van der Waals surface area (Å²) in [6, 6.07) is 4.39. The summed E-state index contributed by atoms with van der Waals surface area (Å²) in [7, 11) is 1.74. The lowest BCUT2D eigenvalue weighted by atomic mass is 10.3. The zero-order chi connectivity index (χ0) is 13.9. The number of rotatable bonds is 5. The van der Waals surface area contributed by atoms with Crippen molar-refractivity contribution in [3.8, 4) is 0 Å². The lowest BCUT2D eigenvalue weighted by Gasteiger charge is -2.20. The molecule has 0 bridgehead atoms. The van der Waals surface area contributed by atoms with Crippen LogP contribution in [0, 0.1) is 0 Å². The zero-order valence-electron chi connectivity index (χ0n) is 10.7. The second-order valence-electron chi connectivity index (χ2n) is 4.32. The van der Waals surface area contributed by atoms with Gasteiger partial charge >= 0.3 is 0 Å². The van der Waals surface area contributed by atoms with Crippen LogP contribution < -0.4 is 5.73 Å². The Morgan fingerprint density at radius 2 is 1.83 bits per heavy atom. The molecule has 0 fully saturated rings. The average Bonchev–Trinajstić information content (AvgIpc) is 2.24. The first-order valence-electron chi connectivity index (χ1n) is 5.41. The standard InChI is InChI=1S/C11H18ClN3O2S/c1-14(2)6-7-15(3)18(16,17)11-5-4-9(13)8-10(11)12/h4-5,8H,6-7,13H2,1-3H3. The van der Waals surface area contributed by atoms with Crippen LogP contribution in [0.15, 0.2) is 23.1 Å².